The highest BCUT2D eigenvalue weighted by atomic mass is 16.5. The summed E-state index contributed by atoms with van der Waals surface area (Å²) in [5, 5.41) is 0. The number of ether oxygens (including phenoxy) is 1. The Hall–Kier alpha value is -1.93. The van der Waals surface area contributed by atoms with Crippen LogP contribution in [0.3, 0.4) is 0 Å². The Morgan fingerprint density at radius 2 is 2.42 bits per heavy atom. The average Bonchev–Trinajstić information content (AvgIpc) is 2.09. The zero-order chi connectivity index (χ0) is 9.23. The Morgan fingerprint density at radius 3 is 3.00 bits per heavy atom. The van der Waals surface area contributed by atoms with Crippen LogP contribution < -0.4 is 0 Å². The summed E-state index contributed by atoms with van der Waals surface area (Å²) in [6.45, 7) is 3.43. The molecule has 0 bridgehead atoms. The molecule has 0 saturated carbocycles. The van der Waals surface area contributed by atoms with Gasteiger partial charge in [0.05, 0.1) is 0 Å². The van der Waals surface area contributed by atoms with Crippen LogP contribution in [0.5, 0.6) is 0 Å². The van der Waals surface area contributed by atoms with Crippen LogP contribution in [0.15, 0.2) is 24.8 Å². The number of carbonyl (C=O) groups excluding carboxylic acids is 1. The molecule has 12 heavy (non-hydrogen) atoms. The van der Waals surface area contributed by atoms with Gasteiger partial charge in [0.2, 0.25) is 0 Å². The molecule has 2 nitrogen and oxygen atoms in total. The fraction of sp³-hybridized carbons (Fsp3) is 0.100. The standard InChI is InChI=1S/C10H8O2/c1-3-5-7-9-12-10(11)8-6-4-2/h2-3,6,8H,1,9H2/b8-6+. The molecule has 0 N–H and O–H groups in total. The van der Waals surface area contributed by atoms with Gasteiger partial charge in [0.15, 0.2) is 6.61 Å². The van der Waals surface area contributed by atoms with Crippen molar-refractivity contribution in [2.45, 2.75) is 0 Å². The number of hydrogen-bond donors (Lipinski definition) is 0. The molecule has 0 heterocycles. The molecule has 0 aromatic carbocycles. The van der Waals surface area contributed by atoms with Crippen LogP contribution in [0, 0.1) is 24.2 Å². The van der Waals surface area contributed by atoms with Crippen molar-refractivity contribution in [1.29, 1.82) is 0 Å². The summed E-state index contributed by atoms with van der Waals surface area (Å²) in [7, 11) is 0. The van der Waals surface area contributed by atoms with E-state index in [0.717, 1.165) is 6.08 Å². The van der Waals surface area contributed by atoms with Gasteiger partial charge in [-0.15, -0.1) is 6.42 Å². The number of esters is 1. The van der Waals surface area contributed by atoms with E-state index in [0.29, 0.717) is 0 Å². The summed E-state index contributed by atoms with van der Waals surface area (Å²) in [5.74, 6) is 6.75. The molecule has 0 aliphatic heterocycles. The topological polar surface area (TPSA) is 26.3 Å². The highest BCUT2D eigenvalue weighted by Gasteiger charge is 1.91. The second-order valence-corrected chi connectivity index (χ2v) is 1.63. The third-order valence-corrected chi connectivity index (χ3v) is 0.806. The van der Waals surface area contributed by atoms with Crippen LogP contribution in [0.4, 0.5) is 0 Å². The first-order chi connectivity index (χ1) is 5.81. The second kappa shape index (κ2) is 7.18. The molecule has 0 saturated heterocycles. The Labute approximate surface area is 71.9 Å². The highest BCUT2D eigenvalue weighted by Crippen LogP contribution is 1.79. The summed E-state index contributed by atoms with van der Waals surface area (Å²) < 4.78 is 4.60. The lowest BCUT2D eigenvalue weighted by atomic mass is 10.5. The number of terminal acetylenes is 1. The van der Waals surface area contributed by atoms with E-state index in [1.54, 1.807) is 0 Å². The lowest BCUT2D eigenvalue weighted by Gasteiger charge is -1.91. The predicted octanol–water partition coefficient (Wildman–Crippen LogP) is 0.908. The molecule has 0 aromatic heterocycles. The van der Waals surface area contributed by atoms with Gasteiger partial charge in [0.25, 0.3) is 0 Å². The molecule has 0 aliphatic rings. The van der Waals surface area contributed by atoms with Crippen molar-refractivity contribution in [2.24, 2.45) is 0 Å². The van der Waals surface area contributed by atoms with Crippen LogP contribution in [0.1, 0.15) is 0 Å². The Balaban J connectivity index is 3.66. The molecular formula is C10H8O2. The molecule has 0 spiro atoms. The first-order valence-corrected chi connectivity index (χ1v) is 3.20. The first kappa shape index (κ1) is 10.1. The minimum atomic E-state index is -0.494. The van der Waals surface area contributed by atoms with Crippen molar-refractivity contribution >= 4 is 5.97 Å². The van der Waals surface area contributed by atoms with Crippen LogP contribution >= 0.6 is 0 Å². The van der Waals surface area contributed by atoms with Crippen molar-refractivity contribution in [3.05, 3.63) is 24.8 Å². The SMILES string of the molecule is C#C/C=C/C(=O)OCC#CC=C. The number of carbonyl (C=O) groups is 1. The zero-order valence-corrected chi connectivity index (χ0v) is 6.54. The lowest BCUT2D eigenvalue weighted by Crippen LogP contribution is -1.99. The van der Waals surface area contributed by atoms with Crippen LogP contribution in [0.25, 0.3) is 0 Å². The minimum absolute atomic E-state index is 0.0553. The maximum atomic E-state index is 10.7. The third kappa shape index (κ3) is 6.19. The maximum Gasteiger partial charge on any atom is 0.332 e. The normalized spacial score (nSPS) is 7.92. The molecule has 2 heteroatoms. The van der Waals surface area contributed by atoms with E-state index in [9.17, 15) is 4.79 Å². The summed E-state index contributed by atoms with van der Waals surface area (Å²) in [5.41, 5.74) is 0. The number of rotatable bonds is 2. The lowest BCUT2D eigenvalue weighted by molar-refractivity contribution is -0.136. The molecule has 60 valence electrons. The van der Waals surface area contributed by atoms with Crippen molar-refractivity contribution in [3.8, 4) is 24.2 Å². The van der Waals surface area contributed by atoms with E-state index in [4.69, 9.17) is 6.42 Å². The smallest absolute Gasteiger partial charge is 0.332 e. The minimum Gasteiger partial charge on any atom is -0.449 e. The quantitative estimate of drug-likeness (QED) is 0.341. The van der Waals surface area contributed by atoms with Crippen molar-refractivity contribution in [2.75, 3.05) is 6.61 Å². The monoisotopic (exact) mass is 160 g/mol. The molecule has 0 fully saturated rings. The van der Waals surface area contributed by atoms with Gasteiger partial charge >= 0.3 is 5.97 Å². The van der Waals surface area contributed by atoms with E-state index in [-0.39, 0.29) is 6.61 Å². The molecular weight excluding hydrogens is 152 g/mol. The Bertz CT molecular complexity index is 281. The summed E-state index contributed by atoms with van der Waals surface area (Å²) in [6.07, 6.45) is 8.72. The van der Waals surface area contributed by atoms with Crippen molar-refractivity contribution in [1.82, 2.24) is 0 Å². The summed E-state index contributed by atoms with van der Waals surface area (Å²) in [6, 6.07) is 0. The fourth-order valence-electron chi connectivity index (χ4n) is 0.385. The summed E-state index contributed by atoms with van der Waals surface area (Å²) >= 11 is 0. The highest BCUT2D eigenvalue weighted by molar-refractivity contribution is 5.82. The molecule has 0 radical (unpaired) electrons. The van der Waals surface area contributed by atoms with Crippen molar-refractivity contribution < 1.29 is 9.53 Å². The van der Waals surface area contributed by atoms with Gasteiger partial charge < -0.3 is 4.74 Å². The van der Waals surface area contributed by atoms with E-state index < -0.39 is 5.97 Å². The third-order valence-electron chi connectivity index (χ3n) is 0.806. The van der Waals surface area contributed by atoms with Crippen LogP contribution in [0.2, 0.25) is 0 Å². The van der Waals surface area contributed by atoms with E-state index >= 15 is 0 Å². The Morgan fingerprint density at radius 1 is 1.67 bits per heavy atom. The summed E-state index contributed by atoms with van der Waals surface area (Å²) in [4.78, 5) is 10.7. The molecule has 0 aromatic rings. The molecule has 0 unspecified atom stereocenters. The average molecular weight is 160 g/mol. The van der Waals surface area contributed by atoms with Gasteiger partial charge in [-0.3, -0.25) is 0 Å². The van der Waals surface area contributed by atoms with Gasteiger partial charge in [-0.2, -0.15) is 0 Å². The van der Waals surface area contributed by atoms with Gasteiger partial charge in [0, 0.05) is 6.08 Å². The fourth-order valence-corrected chi connectivity index (χ4v) is 0.385. The zero-order valence-electron chi connectivity index (χ0n) is 6.54. The van der Waals surface area contributed by atoms with Gasteiger partial charge in [-0.1, -0.05) is 24.3 Å². The predicted molar refractivity (Wildman–Crippen MR) is 46.9 cm³/mol. The van der Waals surface area contributed by atoms with Crippen molar-refractivity contribution in [3.63, 3.8) is 0 Å². The van der Waals surface area contributed by atoms with Crippen LogP contribution in [-0.4, -0.2) is 12.6 Å². The molecule has 0 amide bonds. The largest absolute Gasteiger partial charge is 0.449 e. The Kier molecular flexibility index (Phi) is 6.03. The van der Waals surface area contributed by atoms with Gasteiger partial charge in [-0.05, 0) is 12.2 Å². The van der Waals surface area contributed by atoms with Crippen LogP contribution in [-0.2, 0) is 9.53 Å². The van der Waals surface area contributed by atoms with E-state index in [1.165, 1.54) is 12.2 Å². The molecule has 0 atom stereocenters. The number of allylic oxidation sites excluding steroid dienone is 2. The maximum absolute atomic E-state index is 10.7. The van der Waals surface area contributed by atoms with Gasteiger partial charge in [0.1, 0.15) is 0 Å². The van der Waals surface area contributed by atoms with E-state index in [2.05, 4.69) is 29.1 Å². The number of hydrogen-bond acceptors (Lipinski definition) is 2. The second-order valence-electron chi connectivity index (χ2n) is 1.63. The molecule has 0 rings (SSSR count). The molecule has 0 aliphatic carbocycles. The van der Waals surface area contributed by atoms with E-state index in [1.807, 2.05) is 0 Å². The van der Waals surface area contributed by atoms with Gasteiger partial charge in [-0.25, -0.2) is 4.79 Å². The first-order valence-electron chi connectivity index (χ1n) is 3.20.